The largest absolute Gasteiger partial charge is 0.486 e. The van der Waals surface area contributed by atoms with Gasteiger partial charge < -0.3 is 14.2 Å². The highest BCUT2D eigenvalue weighted by molar-refractivity contribution is 7.14. The summed E-state index contributed by atoms with van der Waals surface area (Å²) in [5.41, 5.74) is 2.76. The van der Waals surface area contributed by atoms with Gasteiger partial charge in [-0.2, -0.15) is 0 Å². The van der Waals surface area contributed by atoms with Crippen LogP contribution in [0.1, 0.15) is 5.56 Å². The van der Waals surface area contributed by atoms with Gasteiger partial charge in [0.1, 0.15) is 19.0 Å². The molecule has 0 aliphatic carbocycles. The topological polar surface area (TPSA) is 69.7 Å². The Bertz CT molecular complexity index is 970. The number of carbonyl (C=O) groups excluding carboxylic acids is 1. The maximum Gasteiger partial charge on any atom is 0.264 e. The van der Waals surface area contributed by atoms with Crippen molar-refractivity contribution in [3.05, 3.63) is 53.4 Å². The molecule has 2 heterocycles. The number of carbonyl (C=O) groups is 1. The molecule has 6 nitrogen and oxygen atoms in total. The van der Waals surface area contributed by atoms with Crippen LogP contribution in [-0.4, -0.2) is 30.7 Å². The number of ether oxygens (including phenoxy) is 3. The normalized spacial score (nSPS) is 12.5. The van der Waals surface area contributed by atoms with E-state index in [0.29, 0.717) is 29.8 Å². The van der Waals surface area contributed by atoms with Crippen molar-refractivity contribution in [2.75, 3.05) is 25.1 Å². The van der Waals surface area contributed by atoms with E-state index in [4.69, 9.17) is 14.2 Å². The van der Waals surface area contributed by atoms with E-state index in [2.05, 4.69) is 10.3 Å². The summed E-state index contributed by atoms with van der Waals surface area (Å²) in [6, 6.07) is 13.3. The standard InChI is InChI=1S/C20H18N2O4S/c1-13-3-2-4-15(9-13)26-11-19(23)22-20-21-16(12-27-20)14-5-6-17-18(10-14)25-8-7-24-17/h2-6,9-10,12H,7-8,11H2,1H3,(H,21,22,23). The van der Waals surface area contributed by atoms with Crippen LogP contribution in [-0.2, 0) is 4.79 Å². The molecule has 7 heteroatoms. The Morgan fingerprint density at radius 3 is 2.89 bits per heavy atom. The van der Waals surface area contributed by atoms with Crippen LogP contribution in [0, 0.1) is 6.92 Å². The smallest absolute Gasteiger partial charge is 0.264 e. The highest BCUT2D eigenvalue weighted by Crippen LogP contribution is 2.35. The Morgan fingerprint density at radius 2 is 2.04 bits per heavy atom. The lowest BCUT2D eigenvalue weighted by Crippen LogP contribution is -2.20. The number of nitrogens with zero attached hydrogens (tertiary/aromatic N) is 1. The van der Waals surface area contributed by atoms with Crippen LogP contribution >= 0.6 is 11.3 Å². The van der Waals surface area contributed by atoms with Crippen molar-refractivity contribution >= 4 is 22.4 Å². The minimum atomic E-state index is -0.250. The van der Waals surface area contributed by atoms with E-state index in [-0.39, 0.29) is 12.5 Å². The molecule has 0 spiro atoms. The summed E-state index contributed by atoms with van der Waals surface area (Å²) in [4.78, 5) is 16.6. The van der Waals surface area contributed by atoms with Gasteiger partial charge in [0.25, 0.3) is 5.91 Å². The molecule has 1 aromatic heterocycles. The van der Waals surface area contributed by atoms with Gasteiger partial charge in [0.05, 0.1) is 5.69 Å². The summed E-state index contributed by atoms with van der Waals surface area (Å²) >= 11 is 1.36. The second-order valence-electron chi connectivity index (χ2n) is 6.05. The first-order valence-corrected chi connectivity index (χ1v) is 9.40. The summed E-state index contributed by atoms with van der Waals surface area (Å²) in [7, 11) is 0. The summed E-state index contributed by atoms with van der Waals surface area (Å²) in [5, 5.41) is 5.18. The molecule has 1 aliphatic heterocycles. The molecule has 0 atom stereocenters. The average molecular weight is 382 g/mol. The molecule has 1 amide bonds. The van der Waals surface area contributed by atoms with Crippen LogP contribution in [0.2, 0.25) is 0 Å². The Labute approximate surface area is 160 Å². The zero-order valence-electron chi connectivity index (χ0n) is 14.7. The maximum absolute atomic E-state index is 12.1. The number of rotatable bonds is 5. The van der Waals surface area contributed by atoms with E-state index in [1.54, 1.807) is 0 Å². The number of hydrogen-bond donors (Lipinski definition) is 1. The quantitative estimate of drug-likeness (QED) is 0.725. The van der Waals surface area contributed by atoms with Crippen molar-refractivity contribution in [3.8, 4) is 28.5 Å². The lowest BCUT2D eigenvalue weighted by Gasteiger charge is -2.18. The predicted molar refractivity (Wildman–Crippen MR) is 104 cm³/mol. The molecule has 0 unspecified atom stereocenters. The van der Waals surface area contributed by atoms with Crippen LogP contribution in [0.4, 0.5) is 5.13 Å². The SMILES string of the molecule is Cc1cccc(OCC(=O)Nc2nc(-c3ccc4c(c3)OCCO4)cs2)c1. The molecule has 2 aromatic carbocycles. The van der Waals surface area contributed by atoms with Gasteiger partial charge in [0, 0.05) is 10.9 Å². The van der Waals surface area contributed by atoms with Gasteiger partial charge in [-0.05, 0) is 42.8 Å². The van der Waals surface area contributed by atoms with Crippen molar-refractivity contribution in [1.29, 1.82) is 0 Å². The van der Waals surface area contributed by atoms with Gasteiger partial charge >= 0.3 is 0 Å². The third kappa shape index (κ3) is 4.20. The number of thiazole rings is 1. The number of anilines is 1. The maximum atomic E-state index is 12.1. The monoisotopic (exact) mass is 382 g/mol. The zero-order valence-corrected chi connectivity index (χ0v) is 15.5. The fourth-order valence-electron chi connectivity index (χ4n) is 2.68. The number of aryl methyl sites for hydroxylation is 1. The summed E-state index contributed by atoms with van der Waals surface area (Å²) < 4.78 is 16.6. The molecule has 0 fully saturated rings. The number of hydrogen-bond acceptors (Lipinski definition) is 6. The van der Waals surface area contributed by atoms with E-state index in [9.17, 15) is 4.79 Å². The summed E-state index contributed by atoms with van der Waals surface area (Å²) in [6.45, 7) is 3.00. The first-order valence-electron chi connectivity index (χ1n) is 8.52. The fraction of sp³-hybridized carbons (Fsp3) is 0.200. The lowest BCUT2D eigenvalue weighted by atomic mass is 10.1. The van der Waals surface area contributed by atoms with Gasteiger partial charge in [-0.15, -0.1) is 11.3 Å². The third-order valence-electron chi connectivity index (χ3n) is 3.95. The van der Waals surface area contributed by atoms with Gasteiger partial charge in [-0.25, -0.2) is 4.98 Å². The van der Waals surface area contributed by atoms with Gasteiger partial charge in [0.15, 0.2) is 23.2 Å². The molecule has 1 N–H and O–H groups in total. The van der Waals surface area contributed by atoms with E-state index >= 15 is 0 Å². The molecule has 27 heavy (non-hydrogen) atoms. The van der Waals surface area contributed by atoms with Gasteiger partial charge in [-0.1, -0.05) is 12.1 Å². The Morgan fingerprint density at radius 1 is 1.19 bits per heavy atom. The Balaban J connectivity index is 1.38. The second kappa shape index (κ2) is 7.67. The molecule has 4 rings (SSSR count). The van der Waals surface area contributed by atoms with Crippen molar-refractivity contribution in [3.63, 3.8) is 0 Å². The molecular weight excluding hydrogens is 364 g/mol. The number of benzene rings is 2. The predicted octanol–water partition coefficient (Wildman–Crippen LogP) is 3.91. The highest BCUT2D eigenvalue weighted by Gasteiger charge is 2.14. The van der Waals surface area contributed by atoms with Crippen molar-refractivity contribution in [2.45, 2.75) is 6.92 Å². The molecule has 0 bridgehead atoms. The second-order valence-corrected chi connectivity index (χ2v) is 6.91. The average Bonchev–Trinajstić information content (AvgIpc) is 3.14. The minimum absolute atomic E-state index is 0.0671. The summed E-state index contributed by atoms with van der Waals surface area (Å²) in [5.74, 6) is 1.87. The van der Waals surface area contributed by atoms with Gasteiger partial charge in [-0.3, -0.25) is 10.1 Å². The van der Waals surface area contributed by atoms with Crippen LogP contribution in [0.5, 0.6) is 17.2 Å². The van der Waals surface area contributed by atoms with Crippen LogP contribution in [0.15, 0.2) is 47.8 Å². The molecule has 0 saturated carbocycles. The number of amides is 1. The van der Waals surface area contributed by atoms with E-state index in [0.717, 1.165) is 22.6 Å². The lowest BCUT2D eigenvalue weighted by molar-refractivity contribution is -0.118. The van der Waals surface area contributed by atoms with Crippen molar-refractivity contribution in [1.82, 2.24) is 4.98 Å². The van der Waals surface area contributed by atoms with Crippen molar-refractivity contribution < 1.29 is 19.0 Å². The number of fused-ring (bicyclic) bond motifs is 1. The van der Waals surface area contributed by atoms with E-state index in [1.165, 1.54) is 11.3 Å². The molecule has 1 aliphatic rings. The fourth-order valence-corrected chi connectivity index (χ4v) is 3.41. The Hall–Kier alpha value is -3.06. The molecule has 3 aromatic rings. The van der Waals surface area contributed by atoms with Crippen LogP contribution < -0.4 is 19.5 Å². The number of aromatic nitrogens is 1. The zero-order chi connectivity index (χ0) is 18.6. The molecule has 138 valence electrons. The minimum Gasteiger partial charge on any atom is -0.486 e. The summed E-state index contributed by atoms with van der Waals surface area (Å²) in [6.07, 6.45) is 0. The first kappa shape index (κ1) is 17.4. The first-order chi connectivity index (χ1) is 13.2. The van der Waals surface area contributed by atoms with Crippen molar-refractivity contribution in [2.24, 2.45) is 0 Å². The van der Waals surface area contributed by atoms with Crippen LogP contribution in [0.3, 0.4) is 0 Å². The third-order valence-corrected chi connectivity index (χ3v) is 4.71. The molecule has 0 saturated heterocycles. The molecular formula is C20H18N2O4S. The number of nitrogens with one attached hydrogen (secondary N) is 1. The molecule has 0 radical (unpaired) electrons. The van der Waals surface area contributed by atoms with Crippen LogP contribution in [0.25, 0.3) is 11.3 Å². The van der Waals surface area contributed by atoms with Gasteiger partial charge in [0.2, 0.25) is 0 Å². The Kier molecular flexibility index (Phi) is 4.93. The highest BCUT2D eigenvalue weighted by atomic mass is 32.1. The van der Waals surface area contributed by atoms with E-state index < -0.39 is 0 Å². The van der Waals surface area contributed by atoms with E-state index in [1.807, 2.05) is 54.8 Å².